The number of hydrogen-bond donors (Lipinski definition) is 0. The molecule has 0 fully saturated rings. The summed E-state index contributed by atoms with van der Waals surface area (Å²) >= 11 is 0. The molecule has 0 aliphatic heterocycles. The van der Waals surface area contributed by atoms with E-state index >= 15 is 0 Å². The minimum absolute atomic E-state index is 0. The molecule has 0 aliphatic carbocycles. The molecule has 4 heteroatoms. The molecule has 3 nitrogen and oxygen atoms in total. The summed E-state index contributed by atoms with van der Waals surface area (Å²) in [5.41, 5.74) is 10.0. The highest BCUT2D eigenvalue weighted by molar-refractivity contribution is 6.11. The molecule has 0 amide bonds. The van der Waals surface area contributed by atoms with E-state index in [1.807, 2.05) is 0 Å². The van der Waals surface area contributed by atoms with Crippen molar-refractivity contribution >= 4 is 27.5 Å². The molecule has 0 radical (unpaired) electrons. The van der Waals surface area contributed by atoms with Gasteiger partial charge in [0.15, 0.2) is 0 Å². The Morgan fingerprint density at radius 1 is 0.833 bits per heavy atom. The molecule has 4 rings (SSSR count). The minimum atomic E-state index is 0. The Balaban J connectivity index is 0.00000256. The number of ether oxygens (including phenoxy) is 1. The van der Waals surface area contributed by atoms with Gasteiger partial charge in [0.05, 0.1) is 17.9 Å². The van der Waals surface area contributed by atoms with Gasteiger partial charge >= 0.3 is 0 Å². The van der Waals surface area contributed by atoms with E-state index in [1.165, 1.54) is 49.9 Å². The number of rotatable bonds is 3. The maximum atomic E-state index is 5.84. The number of fused-ring (bicyclic) bond motifs is 2. The third-order valence-electron chi connectivity index (χ3n) is 5.89. The summed E-state index contributed by atoms with van der Waals surface area (Å²) < 4.78 is 8.12. The summed E-state index contributed by atoms with van der Waals surface area (Å²) in [4.78, 5) is 2.15. The summed E-state index contributed by atoms with van der Waals surface area (Å²) in [6.45, 7) is 6.59. The molecular formula is C26H29BrN2O. The van der Waals surface area contributed by atoms with E-state index in [0.717, 1.165) is 11.1 Å². The van der Waals surface area contributed by atoms with Gasteiger partial charge in [-0.15, -0.1) is 0 Å². The van der Waals surface area contributed by atoms with E-state index in [-0.39, 0.29) is 17.0 Å². The Morgan fingerprint density at radius 2 is 1.50 bits per heavy atom. The third kappa shape index (κ3) is 3.43. The van der Waals surface area contributed by atoms with Gasteiger partial charge in [-0.1, -0.05) is 23.8 Å². The fourth-order valence-electron chi connectivity index (χ4n) is 4.61. The largest absolute Gasteiger partial charge is 1.00 e. The second kappa shape index (κ2) is 8.27. The second-order valence-corrected chi connectivity index (χ2v) is 8.16. The number of anilines is 1. The number of nitrogens with zero attached hydrogens (tertiary/aromatic N) is 2. The van der Waals surface area contributed by atoms with Crippen LogP contribution in [0.25, 0.3) is 32.9 Å². The summed E-state index contributed by atoms with van der Waals surface area (Å²) in [7, 11) is 8.07. The van der Waals surface area contributed by atoms with E-state index in [9.17, 15) is 0 Å². The smallest absolute Gasteiger partial charge is 0.217 e. The molecule has 3 aromatic carbocycles. The summed E-state index contributed by atoms with van der Waals surface area (Å²) in [6.07, 6.45) is 0. The molecule has 4 aromatic rings. The van der Waals surface area contributed by atoms with Crippen LogP contribution in [0.2, 0.25) is 0 Å². The molecule has 0 saturated heterocycles. The summed E-state index contributed by atoms with van der Waals surface area (Å²) in [5, 5.41) is 2.41. The zero-order valence-corrected chi connectivity index (χ0v) is 20.4. The lowest BCUT2D eigenvalue weighted by atomic mass is 9.88. The molecule has 0 atom stereocenters. The van der Waals surface area contributed by atoms with Crippen LogP contribution in [0.5, 0.6) is 5.75 Å². The van der Waals surface area contributed by atoms with Crippen molar-refractivity contribution in [1.29, 1.82) is 0 Å². The third-order valence-corrected chi connectivity index (χ3v) is 5.89. The molecule has 0 unspecified atom stereocenters. The van der Waals surface area contributed by atoms with E-state index in [0.29, 0.717) is 0 Å². The van der Waals surface area contributed by atoms with Crippen molar-refractivity contribution in [2.75, 3.05) is 26.1 Å². The lowest BCUT2D eigenvalue weighted by Gasteiger charge is -2.19. The van der Waals surface area contributed by atoms with Crippen molar-refractivity contribution < 1.29 is 26.3 Å². The number of aryl methyl sites for hydroxylation is 4. The highest BCUT2D eigenvalue weighted by Gasteiger charge is 2.24. The fourth-order valence-corrected chi connectivity index (χ4v) is 4.61. The molecule has 156 valence electrons. The quantitative estimate of drug-likeness (QED) is 0.342. The number of aromatic nitrogens is 1. The highest BCUT2D eigenvalue weighted by Crippen LogP contribution is 2.42. The molecule has 1 aromatic heterocycles. The van der Waals surface area contributed by atoms with Crippen LogP contribution in [-0.2, 0) is 7.05 Å². The first-order valence-electron chi connectivity index (χ1n) is 10.0. The molecule has 0 saturated carbocycles. The van der Waals surface area contributed by atoms with Crippen molar-refractivity contribution in [3.63, 3.8) is 0 Å². The van der Waals surface area contributed by atoms with Crippen LogP contribution in [-0.4, -0.2) is 21.2 Å². The normalized spacial score (nSPS) is 10.9. The second-order valence-electron chi connectivity index (χ2n) is 8.16. The Hall–Kier alpha value is -2.59. The van der Waals surface area contributed by atoms with Crippen LogP contribution in [0, 0.1) is 20.8 Å². The maximum Gasteiger partial charge on any atom is 0.217 e. The van der Waals surface area contributed by atoms with E-state index in [1.54, 1.807) is 7.11 Å². The van der Waals surface area contributed by atoms with Crippen LogP contribution in [0.3, 0.4) is 0 Å². The number of methoxy groups -OCH3 is 1. The van der Waals surface area contributed by atoms with Gasteiger partial charge in [-0.25, -0.2) is 0 Å². The molecule has 0 aliphatic rings. The molecule has 1 heterocycles. The molecule has 0 N–H and O–H groups in total. The van der Waals surface area contributed by atoms with Crippen molar-refractivity contribution in [1.82, 2.24) is 0 Å². The van der Waals surface area contributed by atoms with Gasteiger partial charge in [-0.3, -0.25) is 0 Å². The minimum Gasteiger partial charge on any atom is -1.00 e. The van der Waals surface area contributed by atoms with E-state index in [4.69, 9.17) is 4.74 Å². The Bertz CT molecular complexity index is 1240. The Morgan fingerprint density at radius 3 is 2.10 bits per heavy atom. The van der Waals surface area contributed by atoms with Crippen LogP contribution >= 0.6 is 0 Å². The van der Waals surface area contributed by atoms with Gasteiger partial charge in [0.1, 0.15) is 12.8 Å². The van der Waals surface area contributed by atoms with Crippen LogP contribution in [0.15, 0.2) is 48.5 Å². The molecule has 30 heavy (non-hydrogen) atoms. The van der Waals surface area contributed by atoms with Gasteiger partial charge in [0.25, 0.3) is 0 Å². The summed E-state index contributed by atoms with van der Waals surface area (Å²) in [6, 6.07) is 17.6. The number of halogens is 1. The van der Waals surface area contributed by atoms with E-state index in [2.05, 4.69) is 99.9 Å². The van der Waals surface area contributed by atoms with Crippen molar-refractivity contribution in [3.8, 4) is 16.9 Å². The lowest BCUT2D eigenvalue weighted by Crippen LogP contribution is -3.00. The SMILES string of the molecule is COc1cccc2c1c(-c1c(C)cc(C)cc1C)c1ccc(N(C)C)cc1[n+]2C.[Br-]. The molecular weight excluding hydrogens is 436 g/mol. The Labute approximate surface area is 189 Å². The van der Waals surface area contributed by atoms with Gasteiger partial charge in [0.2, 0.25) is 11.0 Å². The van der Waals surface area contributed by atoms with Crippen LogP contribution < -0.4 is 31.2 Å². The summed E-state index contributed by atoms with van der Waals surface area (Å²) in [5.74, 6) is 0.908. The first-order chi connectivity index (χ1) is 13.8. The van der Waals surface area contributed by atoms with Crippen molar-refractivity contribution in [2.45, 2.75) is 20.8 Å². The molecule has 0 bridgehead atoms. The van der Waals surface area contributed by atoms with Gasteiger partial charge in [-0.2, -0.15) is 4.57 Å². The van der Waals surface area contributed by atoms with Gasteiger partial charge in [-0.05, 0) is 55.7 Å². The average Bonchev–Trinajstić information content (AvgIpc) is 2.68. The first kappa shape index (κ1) is 22.1. The fraction of sp³-hybridized carbons (Fsp3) is 0.269. The van der Waals surface area contributed by atoms with Crippen molar-refractivity contribution in [3.05, 3.63) is 65.2 Å². The first-order valence-corrected chi connectivity index (χ1v) is 10.0. The van der Waals surface area contributed by atoms with Gasteiger partial charge in [0, 0.05) is 37.5 Å². The maximum absolute atomic E-state index is 5.84. The Kier molecular flexibility index (Phi) is 6.09. The lowest BCUT2D eigenvalue weighted by molar-refractivity contribution is -0.617. The average molecular weight is 465 g/mol. The van der Waals surface area contributed by atoms with E-state index < -0.39 is 0 Å². The topological polar surface area (TPSA) is 16.4 Å². The standard InChI is InChI=1S/C26H29N2O.BrH/c1-16-13-17(2)24(18(3)14-16)25-20-12-11-19(27(4)5)15-22(20)28(6)21-9-8-10-23(29-7)26(21)25;/h8-15H,1-7H3;1H/q+1;/p-1. The monoisotopic (exact) mass is 464 g/mol. The zero-order chi connectivity index (χ0) is 20.9. The van der Waals surface area contributed by atoms with Crippen molar-refractivity contribution in [2.24, 2.45) is 7.05 Å². The number of hydrogen-bond acceptors (Lipinski definition) is 2. The molecule has 0 spiro atoms. The number of benzene rings is 3. The van der Waals surface area contributed by atoms with Crippen LogP contribution in [0.1, 0.15) is 16.7 Å². The predicted molar refractivity (Wildman–Crippen MR) is 123 cm³/mol. The van der Waals surface area contributed by atoms with Gasteiger partial charge < -0.3 is 26.6 Å². The number of pyridine rings is 1. The van der Waals surface area contributed by atoms with Crippen LogP contribution in [0.4, 0.5) is 5.69 Å². The highest BCUT2D eigenvalue weighted by atomic mass is 79.9. The predicted octanol–water partition coefficient (Wildman–Crippen LogP) is 2.49. The zero-order valence-electron chi connectivity index (χ0n) is 18.8.